The van der Waals surface area contributed by atoms with Gasteiger partial charge in [0.2, 0.25) is 0 Å². The molecule has 3 rings (SSSR count). The first-order valence-corrected chi connectivity index (χ1v) is 9.76. The van der Waals surface area contributed by atoms with Gasteiger partial charge in [0.15, 0.2) is 0 Å². The highest BCUT2D eigenvalue weighted by Gasteiger charge is 2.49. The van der Waals surface area contributed by atoms with Crippen molar-refractivity contribution in [3.05, 3.63) is 29.3 Å². The number of alkyl halides is 3. The first kappa shape index (κ1) is 18.5. The highest BCUT2D eigenvalue weighted by atomic mass is 32.2. The highest BCUT2D eigenvalue weighted by molar-refractivity contribution is 7.88. The number of benzene rings is 1. The summed E-state index contributed by atoms with van der Waals surface area (Å²) < 4.78 is 64.2. The van der Waals surface area contributed by atoms with Crippen LogP contribution in [-0.2, 0) is 22.0 Å². The van der Waals surface area contributed by atoms with Gasteiger partial charge in [0.1, 0.15) is 5.75 Å². The molecular weight excluding hydrogens is 357 g/mol. The van der Waals surface area contributed by atoms with Crippen LogP contribution in [-0.4, -0.2) is 25.1 Å². The topological polar surface area (TPSA) is 63.6 Å². The number of halogens is 3. The van der Waals surface area contributed by atoms with E-state index in [0.29, 0.717) is 18.8 Å². The van der Waals surface area contributed by atoms with Gasteiger partial charge in [-0.2, -0.15) is 21.6 Å². The average molecular weight is 378 g/mol. The molecule has 0 heterocycles. The Bertz CT molecular complexity index is 760. The lowest BCUT2D eigenvalue weighted by Crippen LogP contribution is -2.39. The molecule has 0 aliphatic heterocycles. The number of rotatable bonds is 2. The molecule has 0 saturated heterocycles. The first-order valence-electron chi connectivity index (χ1n) is 8.35. The van der Waals surface area contributed by atoms with Gasteiger partial charge >= 0.3 is 15.6 Å². The van der Waals surface area contributed by atoms with Crippen LogP contribution in [0.15, 0.2) is 18.2 Å². The van der Waals surface area contributed by atoms with Gasteiger partial charge in [-0.05, 0) is 73.1 Å². The Kier molecular flexibility index (Phi) is 4.56. The molecule has 0 amide bonds. The fraction of sp³-hybridized carbons (Fsp3) is 0.647. The summed E-state index contributed by atoms with van der Waals surface area (Å²) >= 11 is 0. The summed E-state index contributed by atoms with van der Waals surface area (Å²) in [7, 11) is -5.67. The molecule has 1 N–H and O–H groups in total. The summed E-state index contributed by atoms with van der Waals surface area (Å²) in [4.78, 5) is 0. The minimum Gasteiger partial charge on any atom is -0.393 e. The smallest absolute Gasteiger partial charge is 0.393 e. The van der Waals surface area contributed by atoms with Crippen LogP contribution in [0.2, 0.25) is 0 Å². The quantitative estimate of drug-likeness (QED) is 0.630. The number of hydrogen-bond acceptors (Lipinski definition) is 4. The molecule has 1 aromatic rings. The normalized spacial score (nSPS) is 30.1. The zero-order valence-corrected chi connectivity index (χ0v) is 14.7. The minimum absolute atomic E-state index is 0.160. The largest absolute Gasteiger partial charge is 0.534 e. The molecule has 1 aromatic carbocycles. The van der Waals surface area contributed by atoms with E-state index in [1.807, 2.05) is 0 Å². The number of aryl methyl sites for hydroxylation is 1. The number of fused-ring (bicyclic) bond motifs is 3. The van der Waals surface area contributed by atoms with Crippen molar-refractivity contribution < 1.29 is 30.9 Å². The minimum atomic E-state index is -5.67. The summed E-state index contributed by atoms with van der Waals surface area (Å²) in [6.45, 7) is 2.13. The summed E-state index contributed by atoms with van der Waals surface area (Å²) in [5.41, 5.74) is -3.75. The van der Waals surface area contributed by atoms with Crippen LogP contribution in [0.5, 0.6) is 5.75 Å². The monoisotopic (exact) mass is 378 g/mol. The van der Waals surface area contributed by atoms with Crippen molar-refractivity contribution in [3.63, 3.8) is 0 Å². The Morgan fingerprint density at radius 3 is 2.68 bits per heavy atom. The van der Waals surface area contributed by atoms with Crippen molar-refractivity contribution in [2.24, 2.45) is 5.92 Å². The molecule has 25 heavy (non-hydrogen) atoms. The molecular formula is C17H21F3O4S. The number of aliphatic hydroxyl groups is 1. The molecule has 0 bridgehead atoms. The molecule has 3 unspecified atom stereocenters. The maximum Gasteiger partial charge on any atom is 0.534 e. The Morgan fingerprint density at radius 2 is 2.00 bits per heavy atom. The van der Waals surface area contributed by atoms with Gasteiger partial charge in [-0.3, -0.25) is 0 Å². The molecule has 1 saturated carbocycles. The van der Waals surface area contributed by atoms with Gasteiger partial charge in [-0.15, -0.1) is 0 Å². The van der Waals surface area contributed by atoms with Crippen LogP contribution in [0.1, 0.15) is 50.2 Å². The number of aliphatic hydroxyl groups excluding tert-OH is 1. The van der Waals surface area contributed by atoms with Crippen LogP contribution in [0.25, 0.3) is 0 Å². The Hall–Kier alpha value is -1.28. The van der Waals surface area contributed by atoms with E-state index in [4.69, 9.17) is 0 Å². The van der Waals surface area contributed by atoms with Crippen LogP contribution >= 0.6 is 0 Å². The van der Waals surface area contributed by atoms with Crippen molar-refractivity contribution in [2.45, 2.75) is 62.5 Å². The van der Waals surface area contributed by atoms with Crippen LogP contribution in [0.4, 0.5) is 13.2 Å². The van der Waals surface area contributed by atoms with Crippen LogP contribution in [0.3, 0.4) is 0 Å². The average Bonchev–Trinajstić information content (AvgIpc) is 2.62. The maximum atomic E-state index is 12.5. The third kappa shape index (κ3) is 3.38. The predicted molar refractivity (Wildman–Crippen MR) is 85.7 cm³/mol. The summed E-state index contributed by atoms with van der Waals surface area (Å²) in [5, 5.41) is 9.96. The van der Waals surface area contributed by atoms with E-state index >= 15 is 0 Å². The first-order chi connectivity index (χ1) is 11.5. The zero-order valence-electron chi connectivity index (χ0n) is 13.8. The second-order valence-corrected chi connectivity index (χ2v) is 8.77. The van der Waals surface area contributed by atoms with Crippen LogP contribution < -0.4 is 4.18 Å². The molecule has 1 fully saturated rings. The summed E-state index contributed by atoms with van der Waals surface area (Å²) in [5.74, 6) is -0.00264. The van der Waals surface area contributed by atoms with Crippen molar-refractivity contribution in [2.75, 3.05) is 0 Å². The lowest BCUT2D eigenvalue weighted by molar-refractivity contribution is -0.0500. The van der Waals surface area contributed by atoms with Gasteiger partial charge in [0, 0.05) is 0 Å². The van der Waals surface area contributed by atoms with Gasteiger partial charge in [-0.25, -0.2) is 0 Å². The molecule has 140 valence electrons. The molecule has 3 atom stereocenters. The standard InChI is InChI=1S/C17H21F3O4S/c1-16-8-7-13(21)10-12(16)4-2-3-11-9-14(5-6-15(11)16)24-25(22,23)17(18,19)20/h5-6,9,12-13,21H,2-4,7-8,10H2,1H3. The molecule has 8 heteroatoms. The lowest BCUT2D eigenvalue weighted by Gasteiger charge is -2.43. The Labute approximate surface area is 145 Å². The fourth-order valence-corrected chi connectivity index (χ4v) is 4.72. The lowest BCUT2D eigenvalue weighted by atomic mass is 9.62. The van der Waals surface area contributed by atoms with E-state index in [-0.39, 0.29) is 17.3 Å². The van der Waals surface area contributed by atoms with Gasteiger partial charge in [0.25, 0.3) is 0 Å². The van der Waals surface area contributed by atoms with Gasteiger partial charge in [0.05, 0.1) is 6.10 Å². The molecule has 4 nitrogen and oxygen atoms in total. The summed E-state index contributed by atoms with van der Waals surface area (Å²) in [6, 6.07) is 4.39. The zero-order chi connectivity index (χ0) is 18.5. The van der Waals surface area contributed by atoms with E-state index < -0.39 is 15.6 Å². The third-order valence-corrected chi connectivity index (χ3v) is 6.61. The molecule has 2 aliphatic carbocycles. The van der Waals surface area contributed by atoms with Gasteiger partial charge in [-0.1, -0.05) is 13.0 Å². The van der Waals surface area contributed by atoms with E-state index in [1.54, 1.807) is 6.07 Å². The third-order valence-electron chi connectivity index (χ3n) is 5.63. The Balaban J connectivity index is 1.95. The second kappa shape index (κ2) is 6.16. The van der Waals surface area contributed by atoms with E-state index in [2.05, 4.69) is 11.1 Å². The maximum absolute atomic E-state index is 12.5. The summed E-state index contributed by atoms with van der Waals surface area (Å²) in [6.07, 6.45) is 4.32. The number of hydrogen-bond donors (Lipinski definition) is 1. The Morgan fingerprint density at radius 1 is 1.28 bits per heavy atom. The van der Waals surface area contributed by atoms with Crippen LogP contribution in [0, 0.1) is 5.92 Å². The van der Waals surface area contributed by atoms with E-state index in [1.165, 1.54) is 12.1 Å². The van der Waals surface area contributed by atoms with Crippen molar-refractivity contribution in [3.8, 4) is 5.75 Å². The van der Waals surface area contributed by atoms with Crippen molar-refractivity contribution in [1.82, 2.24) is 0 Å². The van der Waals surface area contributed by atoms with E-state index in [9.17, 15) is 26.7 Å². The molecule has 0 spiro atoms. The molecule has 2 aliphatic rings. The molecule has 0 aromatic heterocycles. The van der Waals surface area contributed by atoms with E-state index in [0.717, 1.165) is 36.8 Å². The van der Waals surface area contributed by atoms with Crippen molar-refractivity contribution >= 4 is 10.1 Å². The predicted octanol–water partition coefficient (Wildman–Crippen LogP) is 3.67. The van der Waals surface area contributed by atoms with Gasteiger partial charge < -0.3 is 9.29 Å². The van der Waals surface area contributed by atoms with Crippen molar-refractivity contribution in [1.29, 1.82) is 0 Å². The second-order valence-electron chi connectivity index (χ2n) is 7.24. The molecule has 0 radical (unpaired) electrons. The highest BCUT2D eigenvalue weighted by Crippen LogP contribution is 2.49. The SMILES string of the molecule is CC12CCC(O)CC1CCCc1cc(OS(=O)(=O)C(F)(F)F)ccc12. The fourth-order valence-electron chi connectivity index (χ4n) is 4.27.